The van der Waals surface area contributed by atoms with E-state index in [0.717, 1.165) is 23.7 Å². The van der Waals surface area contributed by atoms with Crippen LogP contribution < -0.4 is 0 Å². The topological polar surface area (TPSA) is 0 Å². The second kappa shape index (κ2) is 17.0. The van der Waals surface area contributed by atoms with E-state index in [9.17, 15) is 0 Å². The predicted molar refractivity (Wildman–Crippen MR) is 166 cm³/mol. The highest BCUT2D eigenvalue weighted by atomic mass is 14.4. The van der Waals surface area contributed by atoms with Gasteiger partial charge in [0.2, 0.25) is 0 Å². The van der Waals surface area contributed by atoms with Crippen LogP contribution in [0.4, 0.5) is 0 Å². The van der Waals surface area contributed by atoms with Crippen LogP contribution in [0.25, 0.3) is 0 Å². The summed E-state index contributed by atoms with van der Waals surface area (Å²) in [7, 11) is 0. The lowest BCUT2D eigenvalue weighted by molar-refractivity contribution is 0.235. The fourth-order valence-corrected chi connectivity index (χ4v) is 5.51. The van der Waals surface area contributed by atoms with Crippen molar-refractivity contribution in [2.24, 2.45) is 23.7 Å². The molecule has 0 saturated heterocycles. The van der Waals surface area contributed by atoms with Crippen LogP contribution in [-0.4, -0.2) is 0 Å². The third kappa shape index (κ3) is 11.2. The zero-order valence-electron chi connectivity index (χ0n) is 25.4. The first-order chi connectivity index (χ1) is 16.4. The molecule has 0 N–H and O–H groups in total. The maximum atomic E-state index is 2.38. The van der Waals surface area contributed by atoms with Crippen molar-refractivity contribution in [3.05, 3.63) is 70.8 Å². The lowest BCUT2D eigenvalue weighted by Crippen LogP contribution is -2.18. The van der Waals surface area contributed by atoms with E-state index in [1.807, 2.05) is 0 Å². The monoisotopic (exact) mass is 494 g/mol. The van der Waals surface area contributed by atoms with E-state index >= 15 is 0 Å². The summed E-state index contributed by atoms with van der Waals surface area (Å²) in [5.74, 6) is 6.43. The molecule has 0 bridgehead atoms. The van der Waals surface area contributed by atoms with E-state index in [1.54, 1.807) is 0 Å². The molecule has 0 heteroatoms. The Kier molecular flexibility index (Phi) is 16.3. The Hall–Kier alpha value is -1.56. The van der Waals surface area contributed by atoms with Gasteiger partial charge in [-0.15, -0.1) is 0 Å². The van der Waals surface area contributed by atoms with Crippen molar-refractivity contribution in [2.75, 3.05) is 0 Å². The minimum Gasteiger partial charge on any atom is -0.0776 e. The van der Waals surface area contributed by atoms with Crippen LogP contribution >= 0.6 is 0 Å². The van der Waals surface area contributed by atoms with Gasteiger partial charge >= 0.3 is 0 Å². The Morgan fingerprint density at radius 1 is 0.500 bits per heavy atom. The van der Waals surface area contributed by atoms with Crippen molar-refractivity contribution >= 4 is 0 Å². The van der Waals surface area contributed by atoms with Crippen LogP contribution in [0, 0.1) is 23.7 Å². The number of benzene rings is 2. The third-order valence-corrected chi connectivity index (χ3v) is 7.82. The van der Waals surface area contributed by atoms with Gasteiger partial charge in [0.15, 0.2) is 0 Å². The average Bonchev–Trinajstić information content (AvgIpc) is 3.31. The molecule has 2 aromatic rings. The van der Waals surface area contributed by atoms with Crippen molar-refractivity contribution in [1.29, 1.82) is 0 Å². The molecular weight excluding hydrogens is 432 g/mol. The van der Waals surface area contributed by atoms with Crippen molar-refractivity contribution in [1.82, 2.24) is 0 Å². The van der Waals surface area contributed by atoms with Gasteiger partial charge in [0.05, 0.1) is 0 Å². The zero-order chi connectivity index (χ0) is 26.7. The summed E-state index contributed by atoms with van der Waals surface area (Å²) < 4.78 is 0. The fraction of sp³-hybridized carbons (Fsp3) is 0.667. The van der Waals surface area contributed by atoms with Crippen molar-refractivity contribution < 1.29 is 0 Å². The maximum absolute atomic E-state index is 2.38. The smallest absolute Gasteiger partial charge is 0.0216 e. The van der Waals surface area contributed by atoms with Gasteiger partial charge in [-0.1, -0.05) is 145 Å². The van der Waals surface area contributed by atoms with Crippen LogP contribution in [-0.2, 0) is 0 Å². The van der Waals surface area contributed by atoms with E-state index in [1.165, 1.54) is 41.5 Å². The summed E-state index contributed by atoms with van der Waals surface area (Å²) >= 11 is 0. The van der Waals surface area contributed by atoms with E-state index < -0.39 is 0 Å². The molecule has 0 aliphatic heterocycles. The van der Waals surface area contributed by atoms with Gasteiger partial charge in [0, 0.05) is 0 Å². The van der Waals surface area contributed by atoms with E-state index in [0.29, 0.717) is 23.7 Å². The van der Waals surface area contributed by atoms with Crippen molar-refractivity contribution in [3.63, 3.8) is 0 Å². The second-order valence-electron chi connectivity index (χ2n) is 12.7. The molecule has 0 aromatic heterocycles. The molecule has 36 heavy (non-hydrogen) atoms. The van der Waals surface area contributed by atoms with Crippen LogP contribution in [0.5, 0.6) is 0 Å². The van der Waals surface area contributed by atoms with Gasteiger partial charge < -0.3 is 0 Å². The first-order valence-corrected chi connectivity index (χ1v) is 14.5. The molecule has 0 nitrogen and oxygen atoms in total. The molecule has 2 atom stereocenters. The van der Waals surface area contributed by atoms with Crippen LogP contribution in [0.15, 0.2) is 48.5 Å². The minimum absolute atomic E-state index is 0. The first kappa shape index (κ1) is 34.4. The first-order valence-electron chi connectivity index (χ1n) is 14.5. The summed E-state index contributed by atoms with van der Waals surface area (Å²) in [5.41, 5.74) is 5.88. The Balaban J connectivity index is 0.000000504. The second-order valence-corrected chi connectivity index (χ2v) is 12.7. The summed E-state index contributed by atoms with van der Waals surface area (Å²) in [5, 5.41) is 0. The zero-order valence-corrected chi connectivity index (χ0v) is 25.4. The van der Waals surface area contributed by atoms with Crippen LogP contribution in [0.1, 0.15) is 156 Å². The highest BCUT2D eigenvalue weighted by molar-refractivity contribution is 5.32. The molecular formula is C36H62. The van der Waals surface area contributed by atoms with E-state index in [4.69, 9.17) is 0 Å². The summed E-state index contributed by atoms with van der Waals surface area (Å²) in [6.07, 6.45) is 4.45. The van der Waals surface area contributed by atoms with Crippen molar-refractivity contribution in [2.45, 2.75) is 133 Å². The molecule has 1 aliphatic carbocycles. The lowest BCUT2D eigenvalue weighted by atomic mass is 9.80. The number of hydrogen-bond donors (Lipinski definition) is 0. The Bertz CT molecular complexity index is 757. The molecule has 2 unspecified atom stereocenters. The summed E-state index contributed by atoms with van der Waals surface area (Å²) in [4.78, 5) is 0. The summed E-state index contributed by atoms with van der Waals surface area (Å²) in [6, 6.07) is 17.6. The maximum Gasteiger partial charge on any atom is -0.0216 e. The Morgan fingerprint density at radius 2 is 0.861 bits per heavy atom. The number of hydrogen-bond acceptors (Lipinski definition) is 0. The third-order valence-electron chi connectivity index (χ3n) is 7.82. The van der Waals surface area contributed by atoms with Gasteiger partial charge in [-0.3, -0.25) is 0 Å². The Morgan fingerprint density at radius 3 is 1.14 bits per heavy atom. The van der Waals surface area contributed by atoms with Gasteiger partial charge in [0.25, 0.3) is 0 Å². The SMILES string of the molecule is C.CC(C)C1CCCC1C(C)C.CC(C)c1cccc(C(C)C)c1.CC(C)c1ccccc1C(C)C. The molecule has 2 aromatic carbocycles. The summed E-state index contributed by atoms with van der Waals surface area (Å²) in [6.45, 7) is 27.5. The highest BCUT2D eigenvalue weighted by Gasteiger charge is 2.31. The molecule has 0 heterocycles. The largest absolute Gasteiger partial charge is 0.0776 e. The Labute approximate surface area is 227 Å². The molecule has 206 valence electrons. The quantitative estimate of drug-likeness (QED) is 0.374. The molecule has 0 radical (unpaired) electrons. The fourth-order valence-electron chi connectivity index (χ4n) is 5.51. The molecule has 1 saturated carbocycles. The van der Waals surface area contributed by atoms with E-state index in [2.05, 4.69) is 132 Å². The molecule has 1 fully saturated rings. The van der Waals surface area contributed by atoms with Gasteiger partial charge in [-0.2, -0.15) is 0 Å². The number of rotatable bonds is 6. The molecule has 0 spiro atoms. The standard InChI is InChI=1S/2C12H18.C11H22.CH4/c1-9(2)11-6-5-7-12(8-11)10(3)4;1-9(2)11-7-5-6-8-12(11)10(3)4;1-8(2)10-6-5-7-11(10)9(3)4;/h2*5-10H,1-4H3;8-11H,5-7H2,1-4H3;1H4. The van der Waals surface area contributed by atoms with Gasteiger partial charge in [-0.05, 0) is 82.4 Å². The van der Waals surface area contributed by atoms with Crippen molar-refractivity contribution in [3.8, 4) is 0 Å². The molecule has 3 rings (SSSR count). The molecule has 0 amide bonds. The van der Waals surface area contributed by atoms with Crippen LogP contribution in [0.2, 0.25) is 0 Å². The predicted octanol–water partition coefficient (Wildman–Crippen LogP) is 12.2. The van der Waals surface area contributed by atoms with Gasteiger partial charge in [0.1, 0.15) is 0 Å². The molecule has 1 aliphatic rings. The van der Waals surface area contributed by atoms with Gasteiger partial charge in [-0.25, -0.2) is 0 Å². The minimum atomic E-state index is 0. The van der Waals surface area contributed by atoms with Crippen LogP contribution in [0.3, 0.4) is 0 Å². The average molecular weight is 495 g/mol. The normalized spacial score (nSPS) is 17.3. The van der Waals surface area contributed by atoms with E-state index in [-0.39, 0.29) is 7.43 Å². The highest BCUT2D eigenvalue weighted by Crippen LogP contribution is 2.40. The lowest BCUT2D eigenvalue weighted by Gasteiger charge is -2.26.